The lowest BCUT2D eigenvalue weighted by Crippen LogP contribution is -2.37. The zero-order chi connectivity index (χ0) is 18.0. The predicted molar refractivity (Wildman–Crippen MR) is 104 cm³/mol. The second-order valence-electron chi connectivity index (χ2n) is 7.83. The first-order valence-electron chi connectivity index (χ1n) is 9.43. The van der Waals surface area contributed by atoms with E-state index in [9.17, 15) is 0 Å². The van der Waals surface area contributed by atoms with E-state index in [-0.39, 0.29) is 5.54 Å². The number of benzene rings is 1. The second kappa shape index (κ2) is 7.17. The molecule has 5 heteroatoms. The molecule has 26 heavy (non-hydrogen) atoms. The van der Waals surface area contributed by atoms with Crippen LogP contribution < -0.4 is 5.32 Å². The third-order valence-electron chi connectivity index (χ3n) is 5.42. The summed E-state index contributed by atoms with van der Waals surface area (Å²) in [5.74, 6) is 1.02. The highest BCUT2D eigenvalue weighted by atomic mass is 15.3. The van der Waals surface area contributed by atoms with Gasteiger partial charge in [-0.15, -0.1) is 10.2 Å². The van der Waals surface area contributed by atoms with Gasteiger partial charge in [0.25, 0.3) is 0 Å². The Morgan fingerprint density at radius 2 is 1.88 bits per heavy atom. The smallest absolute Gasteiger partial charge is 0.160 e. The van der Waals surface area contributed by atoms with E-state index in [1.165, 1.54) is 12.0 Å². The summed E-state index contributed by atoms with van der Waals surface area (Å²) in [6.07, 6.45) is 4.09. The van der Waals surface area contributed by atoms with E-state index < -0.39 is 0 Å². The molecule has 3 aromatic rings. The number of nitrogens with zero attached hydrogens (tertiary/aromatic N) is 4. The fourth-order valence-corrected chi connectivity index (χ4v) is 3.98. The minimum atomic E-state index is 0.217. The number of rotatable bonds is 6. The second-order valence-corrected chi connectivity index (χ2v) is 7.83. The van der Waals surface area contributed by atoms with Crippen LogP contribution in [0.4, 0.5) is 0 Å². The van der Waals surface area contributed by atoms with Gasteiger partial charge < -0.3 is 5.32 Å². The Bertz CT molecular complexity index is 855. The summed E-state index contributed by atoms with van der Waals surface area (Å²) in [7, 11) is 0. The van der Waals surface area contributed by atoms with Crippen LogP contribution in [0.25, 0.3) is 5.65 Å². The molecule has 0 saturated carbocycles. The van der Waals surface area contributed by atoms with Gasteiger partial charge in [-0.05, 0) is 38.0 Å². The van der Waals surface area contributed by atoms with Gasteiger partial charge in [-0.25, -0.2) is 0 Å². The standard InChI is InChI=1S/C21H27N5/c1-21(2)14-18(16-25(21)15-17-8-4-3-5-9-17)22-12-11-20-24-23-19-10-6-7-13-26(19)20/h3-10,13,18,22H,11-12,14-16H2,1-2H3. The molecule has 1 aliphatic heterocycles. The Balaban J connectivity index is 1.33. The van der Waals surface area contributed by atoms with Crippen LogP contribution in [-0.2, 0) is 13.0 Å². The van der Waals surface area contributed by atoms with Gasteiger partial charge in [0.15, 0.2) is 5.65 Å². The average molecular weight is 349 g/mol. The Morgan fingerprint density at radius 1 is 1.08 bits per heavy atom. The zero-order valence-corrected chi connectivity index (χ0v) is 15.6. The molecule has 2 aromatic heterocycles. The molecule has 1 aromatic carbocycles. The molecule has 136 valence electrons. The number of nitrogens with one attached hydrogen (secondary N) is 1. The highest BCUT2D eigenvalue weighted by Crippen LogP contribution is 2.30. The number of likely N-dealkylation sites (tertiary alicyclic amines) is 1. The van der Waals surface area contributed by atoms with Crippen LogP contribution in [-0.4, -0.2) is 44.2 Å². The average Bonchev–Trinajstić information content (AvgIpc) is 3.17. The van der Waals surface area contributed by atoms with Crippen molar-refractivity contribution >= 4 is 5.65 Å². The van der Waals surface area contributed by atoms with Crippen molar-refractivity contribution in [1.29, 1.82) is 0 Å². The van der Waals surface area contributed by atoms with Crippen LogP contribution in [0.2, 0.25) is 0 Å². The van der Waals surface area contributed by atoms with Crippen molar-refractivity contribution in [2.45, 2.75) is 44.8 Å². The van der Waals surface area contributed by atoms with Gasteiger partial charge in [0.2, 0.25) is 0 Å². The van der Waals surface area contributed by atoms with E-state index in [1.54, 1.807) is 0 Å². The van der Waals surface area contributed by atoms with Crippen molar-refractivity contribution in [2.24, 2.45) is 0 Å². The van der Waals surface area contributed by atoms with Crippen LogP contribution >= 0.6 is 0 Å². The molecule has 3 heterocycles. The summed E-state index contributed by atoms with van der Waals surface area (Å²) in [4.78, 5) is 2.59. The molecule has 1 saturated heterocycles. The quantitative estimate of drug-likeness (QED) is 0.743. The van der Waals surface area contributed by atoms with Gasteiger partial charge in [-0.1, -0.05) is 36.4 Å². The fraction of sp³-hybridized carbons (Fsp3) is 0.429. The van der Waals surface area contributed by atoms with E-state index >= 15 is 0 Å². The largest absolute Gasteiger partial charge is 0.312 e. The van der Waals surface area contributed by atoms with Crippen LogP contribution in [0.1, 0.15) is 31.7 Å². The molecule has 0 amide bonds. The molecule has 1 fully saturated rings. The van der Waals surface area contributed by atoms with Crippen molar-refractivity contribution in [3.63, 3.8) is 0 Å². The molecule has 5 nitrogen and oxygen atoms in total. The lowest BCUT2D eigenvalue weighted by Gasteiger charge is -2.31. The lowest BCUT2D eigenvalue weighted by atomic mass is 9.99. The van der Waals surface area contributed by atoms with Gasteiger partial charge in [-0.2, -0.15) is 0 Å². The minimum Gasteiger partial charge on any atom is -0.312 e. The lowest BCUT2D eigenvalue weighted by molar-refractivity contribution is 0.166. The summed E-state index contributed by atoms with van der Waals surface area (Å²) >= 11 is 0. The van der Waals surface area contributed by atoms with E-state index in [0.29, 0.717) is 6.04 Å². The summed E-state index contributed by atoms with van der Waals surface area (Å²) in [5.41, 5.74) is 2.52. The molecule has 1 unspecified atom stereocenters. The SMILES string of the molecule is CC1(C)CC(NCCc2nnc3ccccn23)CN1Cc1ccccc1. The number of hydrogen-bond donors (Lipinski definition) is 1. The van der Waals surface area contributed by atoms with Crippen molar-refractivity contribution < 1.29 is 0 Å². The first-order valence-corrected chi connectivity index (χ1v) is 9.43. The molecule has 0 bridgehead atoms. The van der Waals surface area contributed by atoms with E-state index in [0.717, 1.165) is 37.5 Å². The first kappa shape index (κ1) is 17.2. The van der Waals surface area contributed by atoms with Gasteiger partial charge in [0.1, 0.15) is 5.82 Å². The number of pyridine rings is 1. The van der Waals surface area contributed by atoms with Gasteiger partial charge in [-0.3, -0.25) is 9.30 Å². The predicted octanol–water partition coefficient (Wildman–Crippen LogP) is 2.91. The minimum absolute atomic E-state index is 0.217. The molecule has 1 N–H and O–H groups in total. The van der Waals surface area contributed by atoms with Crippen LogP contribution in [0.3, 0.4) is 0 Å². The van der Waals surface area contributed by atoms with Gasteiger partial charge in [0.05, 0.1) is 0 Å². The van der Waals surface area contributed by atoms with Crippen LogP contribution in [0.15, 0.2) is 54.7 Å². The number of hydrogen-bond acceptors (Lipinski definition) is 4. The highest BCUT2D eigenvalue weighted by molar-refractivity contribution is 5.37. The van der Waals surface area contributed by atoms with Crippen molar-refractivity contribution in [2.75, 3.05) is 13.1 Å². The van der Waals surface area contributed by atoms with E-state index in [4.69, 9.17) is 0 Å². The molecular formula is C21H27N5. The third kappa shape index (κ3) is 3.64. The molecule has 1 aliphatic rings. The normalized spacial score (nSPS) is 20.0. The Labute approximate surface area is 155 Å². The molecule has 0 radical (unpaired) electrons. The van der Waals surface area contributed by atoms with Crippen LogP contribution in [0.5, 0.6) is 0 Å². The summed E-state index contributed by atoms with van der Waals surface area (Å²) < 4.78 is 2.07. The Kier molecular flexibility index (Phi) is 4.74. The maximum atomic E-state index is 4.32. The Hall–Kier alpha value is -2.24. The van der Waals surface area contributed by atoms with E-state index in [1.807, 2.05) is 24.4 Å². The molecular weight excluding hydrogens is 322 g/mol. The van der Waals surface area contributed by atoms with Gasteiger partial charge in [0, 0.05) is 43.8 Å². The summed E-state index contributed by atoms with van der Waals surface area (Å²) in [6, 6.07) is 17.3. The van der Waals surface area contributed by atoms with Gasteiger partial charge >= 0.3 is 0 Å². The number of fused-ring (bicyclic) bond motifs is 1. The maximum Gasteiger partial charge on any atom is 0.160 e. The monoisotopic (exact) mass is 349 g/mol. The van der Waals surface area contributed by atoms with Crippen molar-refractivity contribution in [1.82, 2.24) is 24.8 Å². The van der Waals surface area contributed by atoms with Crippen LogP contribution in [0, 0.1) is 0 Å². The topological polar surface area (TPSA) is 45.5 Å². The molecule has 4 rings (SSSR count). The van der Waals surface area contributed by atoms with Crippen molar-refractivity contribution in [3.05, 3.63) is 66.1 Å². The molecule has 1 atom stereocenters. The summed E-state index contributed by atoms with van der Waals surface area (Å²) in [6.45, 7) is 7.73. The zero-order valence-electron chi connectivity index (χ0n) is 15.6. The third-order valence-corrected chi connectivity index (χ3v) is 5.42. The van der Waals surface area contributed by atoms with Crippen molar-refractivity contribution in [3.8, 4) is 0 Å². The molecule has 0 aliphatic carbocycles. The van der Waals surface area contributed by atoms with E-state index in [2.05, 4.69) is 69.0 Å². The number of aromatic nitrogens is 3. The Morgan fingerprint density at radius 3 is 2.73 bits per heavy atom. The highest BCUT2D eigenvalue weighted by Gasteiger charge is 2.37. The maximum absolute atomic E-state index is 4.32. The summed E-state index contributed by atoms with van der Waals surface area (Å²) in [5, 5.41) is 12.3. The first-order chi connectivity index (χ1) is 12.6. The molecule has 0 spiro atoms. The fourth-order valence-electron chi connectivity index (χ4n) is 3.98.